The Morgan fingerprint density at radius 3 is 2.14 bits per heavy atom. The Hall–Kier alpha value is -2.66. The van der Waals surface area contributed by atoms with E-state index >= 15 is 0 Å². The predicted octanol–water partition coefficient (Wildman–Crippen LogP) is 4.20. The van der Waals surface area contributed by atoms with Crippen molar-refractivity contribution in [1.29, 1.82) is 0 Å². The van der Waals surface area contributed by atoms with Gasteiger partial charge in [0.15, 0.2) is 0 Å². The number of anilines is 1. The van der Waals surface area contributed by atoms with Gasteiger partial charge in [-0.1, -0.05) is 44.5 Å². The molecule has 1 saturated heterocycles. The first-order valence-corrected chi connectivity index (χ1v) is 10.5. The molecule has 2 amide bonds. The maximum Gasteiger partial charge on any atom is 0.251 e. The second kappa shape index (κ2) is 10.2. The van der Waals surface area contributed by atoms with E-state index < -0.39 is 0 Å². The van der Waals surface area contributed by atoms with E-state index in [2.05, 4.69) is 39.8 Å². The molecule has 29 heavy (non-hydrogen) atoms. The van der Waals surface area contributed by atoms with Crippen LogP contribution >= 0.6 is 0 Å². The molecule has 2 aromatic carbocycles. The van der Waals surface area contributed by atoms with Gasteiger partial charge in [0, 0.05) is 30.3 Å². The van der Waals surface area contributed by atoms with Crippen LogP contribution in [0.15, 0.2) is 48.5 Å². The van der Waals surface area contributed by atoms with E-state index in [0.29, 0.717) is 17.8 Å². The van der Waals surface area contributed by atoms with Gasteiger partial charge in [0.25, 0.3) is 5.91 Å². The number of rotatable bonds is 7. The summed E-state index contributed by atoms with van der Waals surface area (Å²) in [7, 11) is 0. The number of piperidine rings is 1. The van der Waals surface area contributed by atoms with Crippen LogP contribution in [-0.4, -0.2) is 29.8 Å². The van der Waals surface area contributed by atoms with Gasteiger partial charge in [0.05, 0.1) is 0 Å². The molecule has 0 saturated carbocycles. The van der Waals surface area contributed by atoms with Crippen LogP contribution in [0.1, 0.15) is 54.6 Å². The van der Waals surface area contributed by atoms with E-state index in [9.17, 15) is 9.59 Å². The highest BCUT2D eigenvalue weighted by Crippen LogP contribution is 2.14. The highest BCUT2D eigenvalue weighted by atomic mass is 16.2. The fraction of sp³-hybridized carbons (Fsp3) is 0.417. The molecule has 0 aromatic heterocycles. The lowest BCUT2D eigenvalue weighted by molar-refractivity contribution is -0.118. The molecule has 0 bridgehead atoms. The van der Waals surface area contributed by atoms with E-state index in [1.54, 1.807) is 24.3 Å². The van der Waals surface area contributed by atoms with E-state index in [1.165, 1.54) is 37.9 Å². The maximum atomic E-state index is 12.4. The molecule has 5 nitrogen and oxygen atoms in total. The lowest BCUT2D eigenvalue weighted by Gasteiger charge is -2.26. The lowest BCUT2D eigenvalue weighted by atomic mass is 10.1. The summed E-state index contributed by atoms with van der Waals surface area (Å²) >= 11 is 0. The summed E-state index contributed by atoms with van der Waals surface area (Å²) in [5.41, 5.74) is 3.68. The first-order chi connectivity index (χ1) is 14.0. The first-order valence-electron chi connectivity index (χ1n) is 10.5. The van der Waals surface area contributed by atoms with Gasteiger partial charge in [0.1, 0.15) is 0 Å². The smallest absolute Gasteiger partial charge is 0.251 e. The van der Waals surface area contributed by atoms with E-state index in [1.807, 2.05) is 13.8 Å². The third-order valence-corrected chi connectivity index (χ3v) is 5.27. The van der Waals surface area contributed by atoms with Crippen molar-refractivity contribution < 1.29 is 9.59 Å². The Balaban J connectivity index is 1.47. The number of hydrogen-bond acceptors (Lipinski definition) is 3. The van der Waals surface area contributed by atoms with Gasteiger partial charge >= 0.3 is 0 Å². The quantitative estimate of drug-likeness (QED) is 0.741. The Kier molecular flexibility index (Phi) is 7.42. The van der Waals surface area contributed by atoms with E-state index in [-0.39, 0.29) is 17.7 Å². The maximum absolute atomic E-state index is 12.4. The average Bonchev–Trinajstić information content (AvgIpc) is 2.74. The standard InChI is InChI=1S/C24H31N3O2/c1-18(2)23(28)26-22-12-10-21(11-13-22)24(29)25-16-19-6-8-20(9-7-19)17-27-14-4-3-5-15-27/h6-13,18H,3-5,14-17H2,1-2H3,(H,25,29)(H,26,28). The van der Waals surface area contributed by atoms with Gasteiger partial charge in [-0.2, -0.15) is 0 Å². The largest absolute Gasteiger partial charge is 0.348 e. The number of hydrogen-bond donors (Lipinski definition) is 2. The summed E-state index contributed by atoms with van der Waals surface area (Å²) < 4.78 is 0. The highest BCUT2D eigenvalue weighted by Gasteiger charge is 2.11. The zero-order valence-electron chi connectivity index (χ0n) is 17.4. The van der Waals surface area contributed by atoms with E-state index in [4.69, 9.17) is 0 Å². The zero-order valence-corrected chi connectivity index (χ0v) is 17.4. The molecule has 0 unspecified atom stereocenters. The lowest BCUT2D eigenvalue weighted by Crippen LogP contribution is -2.29. The summed E-state index contributed by atoms with van der Waals surface area (Å²) in [6.45, 7) is 7.57. The van der Waals surface area contributed by atoms with E-state index in [0.717, 1.165) is 12.1 Å². The average molecular weight is 394 g/mol. The molecular weight excluding hydrogens is 362 g/mol. The fourth-order valence-electron chi connectivity index (χ4n) is 3.41. The van der Waals surface area contributed by atoms with Crippen molar-refractivity contribution in [1.82, 2.24) is 10.2 Å². The van der Waals surface area contributed by atoms with Gasteiger partial charge in [-0.05, 0) is 61.3 Å². The van der Waals surface area contributed by atoms with Gasteiger partial charge in [-0.15, -0.1) is 0 Å². The SMILES string of the molecule is CC(C)C(=O)Nc1ccc(C(=O)NCc2ccc(CN3CCCCC3)cc2)cc1. The second-order valence-electron chi connectivity index (χ2n) is 8.06. The Labute approximate surface area is 173 Å². The van der Waals surface area contributed by atoms with Crippen LogP contribution in [0, 0.1) is 5.92 Å². The number of nitrogens with one attached hydrogen (secondary N) is 2. The predicted molar refractivity (Wildman–Crippen MR) is 117 cm³/mol. The highest BCUT2D eigenvalue weighted by molar-refractivity contribution is 5.96. The third kappa shape index (κ3) is 6.43. The summed E-state index contributed by atoms with van der Waals surface area (Å²) in [6, 6.07) is 15.5. The summed E-state index contributed by atoms with van der Waals surface area (Å²) in [6.07, 6.45) is 3.95. The fourth-order valence-corrected chi connectivity index (χ4v) is 3.41. The van der Waals surface area contributed by atoms with Crippen molar-refractivity contribution >= 4 is 17.5 Å². The van der Waals surface area contributed by atoms with Crippen LogP contribution in [0.2, 0.25) is 0 Å². The molecule has 2 N–H and O–H groups in total. The molecule has 3 rings (SSSR count). The van der Waals surface area contributed by atoms with Crippen LogP contribution in [-0.2, 0) is 17.9 Å². The minimum Gasteiger partial charge on any atom is -0.348 e. The van der Waals surface area contributed by atoms with Crippen molar-refractivity contribution in [2.45, 2.75) is 46.2 Å². The van der Waals surface area contributed by atoms with Gasteiger partial charge < -0.3 is 10.6 Å². The summed E-state index contributed by atoms with van der Waals surface area (Å²) in [5, 5.41) is 5.78. The van der Waals surface area contributed by atoms with Crippen molar-refractivity contribution in [3.05, 3.63) is 65.2 Å². The normalized spacial score (nSPS) is 14.6. The van der Waals surface area contributed by atoms with Crippen molar-refractivity contribution in [2.75, 3.05) is 18.4 Å². The Morgan fingerprint density at radius 2 is 1.52 bits per heavy atom. The van der Waals surface area contributed by atoms with Crippen molar-refractivity contribution in [3.63, 3.8) is 0 Å². The molecular formula is C24H31N3O2. The number of carbonyl (C=O) groups is 2. The Bertz CT molecular complexity index is 807. The first kappa shape index (κ1) is 21.1. The molecule has 0 spiro atoms. The zero-order chi connectivity index (χ0) is 20.6. The van der Waals surface area contributed by atoms with Crippen LogP contribution in [0.3, 0.4) is 0 Å². The number of nitrogens with zero attached hydrogens (tertiary/aromatic N) is 1. The molecule has 1 fully saturated rings. The minimum atomic E-state index is -0.121. The molecule has 2 aromatic rings. The van der Waals surface area contributed by atoms with Crippen molar-refractivity contribution in [3.8, 4) is 0 Å². The summed E-state index contributed by atoms with van der Waals surface area (Å²) in [4.78, 5) is 26.6. The monoisotopic (exact) mass is 393 g/mol. The molecule has 0 atom stereocenters. The van der Waals surface area contributed by atoms with Crippen LogP contribution in [0.4, 0.5) is 5.69 Å². The number of benzene rings is 2. The number of likely N-dealkylation sites (tertiary alicyclic amines) is 1. The van der Waals surface area contributed by atoms with Gasteiger partial charge in [-0.3, -0.25) is 14.5 Å². The molecule has 1 aliphatic rings. The molecule has 1 aliphatic heterocycles. The summed E-state index contributed by atoms with van der Waals surface area (Å²) in [5.74, 6) is -0.237. The van der Waals surface area contributed by atoms with Crippen LogP contribution in [0.5, 0.6) is 0 Å². The topological polar surface area (TPSA) is 61.4 Å². The molecule has 154 valence electrons. The van der Waals surface area contributed by atoms with Gasteiger partial charge in [-0.25, -0.2) is 0 Å². The minimum absolute atomic E-state index is 0.0362. The molecule has 0 radical (unpaired) electrons. The van der Waals surface area contributed by atoms with Crippen LogP contribution < -0.4 is 10.6 Å². The third-order valence-electron chi connectivity index (χ3n) is 5.27. The second-order valence-corrected chi connectivity index (χ2v) is 8.06. The van der Waals surface area contributed by atoms with Crippen molar-refractivity contribution in [2.24, 2.45) is 5.92 Å². The number of amides is 2. The van der Waals surface area contributed by atoms with Crippen LogP contribution in [0.25, 0.3) is 0 Å². The molecule has 0 aliphatic carbocycles. The molecule has 5 heteroatoms. The van der Waals surface area contributed by atoms with Gasteiger partial charge in [0.2, 0.25) is 5.91 Å². The molecule has 1 heterocycles. The Morgan fingerprint density at radius 1 is 0.897 bits per heavy atom. The number of carbonyl (C=O) groups excluding carboxylic acids is 2.